The van der Waals surface area contributed by atoms with Crippen molar-refractivity contribution in [2.75, 3.05) is 13.7 Å². The zero-order valence-electron chi connectivity index (χ0n) is 16.3. The summed E-state index contributed by atoms with van der Waals surface area (Å²) in [5.41, 5.74) is 2.15. The fourth-order valence-electron chi connectivity index (χ4n) is 3.42. The van der Waals surface area contributed by atoms with Gasteiger partial charge in [-0.2, -0.15) is 0 Å². The maximum atomic E-state index is 6.07. The molecule has 0 aliphatic carbocycles. The van der Waals surface area contributed by atoms with Gasteiger partial charge in [-0.15, -0.1) is 0 Å². The minimum atomic E-state index is 0.122. The van der Waals surface area contributed by atoms with Gasteiger partial charge in [0.2, 0.25) is 0 Å². The quantitative estimate of drug-likeness (QED) is 0.706. The summed E-state index contributed by atoms with van der Waals surface area (Å²) in [5.74, 6) is 2.97. The molecule has 0 fully saturated rings. The van der Waals surface area contributed by atoms with E-state index in [1.807, 2.05) is 37.3 Å². The first kappa shape index (κ1) is 19.6. The summed E-state index contributed by atoms with van der Waals surface area (Å²) in [6, 6.07) is 14.2. The van der Waals surface area contributed by atoms with E-state index in [9.17, 15) is 0 Å². The molecule has 0 amide bonds. The Morgan fingerprint density at radius 2 is 1.89 bits per heavy atom. The molecule has 27 heavy (non-hydrogen) atoms. The first-order valence-electron chi connectivity index (χ1n) is 9.42. The van der Waals surface area contributed by atoms with Crippen LogP contribution in [0.2, 0.25) is 5.02 Å². The monoisotopic (exact) mass is 386 g/mol. The highest BCUT2D eigenvalue weighted by atomic mass is 35.5. The molecule has 144 valence electrons. The first-order valence-corrected chi connectivity index (χ1v) is 9.80. The van der Waals surface area contributed by atoms with Crippen LogP contribution in [0.1, 0.15) is 44.4 Å². The summed E-state index contributed by atoms with van der Waals surface area (Å²) in [6.45, 7) is 7.02. The zero-order valence-corrected chi connectivity index (χ0v) is 17.1. The maximum Gasteiger partial charge on any atom is 0.133 e. The second-order valence-corrected chi connectivity index (χ2v) is 7.58. The average Bonchev–Trinajstić information content (AvgIpc) is 3.05. The molecule has 0 spiro atoms. The fourth-order valence-corrected chi connectivity index (χ4v) is 3.54. The van der Waals surface area contributed by atoms with Crippen molar-refractivity contribution in [1.82, 2.24) is 5.32 Å². The van der Waals surface area contributed by atoms with Crippen LogP contribution in [0.25, 0.3) is 0 Å². The number of rotatable bonds is 7. The van der Waals surface area contributed by atoms with Crippen molar-refractivity contribution in [1.29, 1.82) is 0 Å². The first-order chi connectivity index (χ1) is 13.0. The molecule has 0 bridgehead atoms. The second kappa shape index (κ2) is 8.66. The molecule has 2 aromatic carbocycles. The normalized spacial score (nSPS) is 19.0. The minimum Gasteiger partial charge on any atom is -0.497 e. The summed E-state index contributed by atoms with van der Waals surface area (Å²) in [6.07, 6.45) is 1.00. The van der Waals surface area contributed by atoms with Gasteiger partial charge in [0.15, 0.2) is 0 Å². The van der Waals surface area contributed by atoms with Gasteiger partial charge in [0, 0.05) is 11.1 Å². The molecule has 1 heterocycles. The van der Waals surface area contributed by atoms with E-state index >= 15 is 0 Å². The van der Waals surface area contributed by atoms with E-state index in [4.69, 9.17) is 26.1 Å². The van der Waals surface area contributed by atoms with Gasteiger partial charge in [0.1, 0.15) is 17.3 Å². The highest BCUT2D eigenvalue weighted by molar-refractivity contribution is 6.30. The fraction of sp³-hybridized carbons (Fsp3) is 0.409. The van der Waals surface area contributed by atoms with Crippen molar-refractivity contribution in [3.8, 4) is 11.5 Å². The molecule has 1 aliphatic heterocycles. The third kappa shape index (κ3) is 4.56. The van der Waals surface area contributed by atoms with Crippen molar-refractivity contribution >= 4 is 17.4 Å². The lowest BCUT2D eigenvalue weighted by Crippen LogP contribution is -2.28. The second-order valence-electron chi connectivity index (χ2n) is 7.14. The Bertz CT molecular complexity index is 802. The van der Waals surface area contributed by atoms with Crippen LogP contribution in [-0.4, -0.2) is 25.6 Å². The van der Waals surface area contributed by atoms with Crippen LogP contribution in [0.15, 0.2) is 47.5 Å². The van der Waals surface area contributed by atoms with Gasteiger partial charge in [0.25, 0.3) is 0 Å². The molecule has 5 heteroatoms. The van der Waals surface area contributed by atoms with E-state index in [0.29, 0.717) is 12.5 Å². The number of hydrogen-bond acceptors (Lipinski definition) is 4. The lowest BCUT2D eigenvalue weighted by Gasteiger charge is -2.21. The molecule has 4 nitrogen and oxygen atoms in total. The Balaban J connectivity index is 1.95. The SMILES string of the molecule is CCOc1cc(OC)ccc1C1=N[C@H](CC(C)C)[C@H](c2ccc(Cl)cc2)N1. The highest BCUT2D eigenvalue weighted by Gasteiger charge is 2.32. The number of ether oxygens (including phenoxy) is 2. The van der Waals surface area contributed by atoms with Crippen molar-refractivity contribution in [2.45, 2.75) is 39.3 Å². The van der Waals surface area contributed by atoms with Gasteiger partial charge in [-0.1, -0.05) is 37.6 Å². The Kier molecular flexibility index (Phi) is 6.27. The van der Waals surface area contributed by atoms with Crippen molar-refractivity contribution in [2.24, 2.45) is 10.9 Å². The van der Waals surface area contributed by atoms with E-state index in [2.05, 4.69) is 31.3 Å². The van der Waals surface area contributed by atoms with Gasteiger partial charge in [-0.3, -0.25) is 4.99 Å². The topological polar surface area (TPSA) is 42.9 Å². The molecule has 0 saturated heterocycles. The predicted molar refractivity (Wildman–Crippen MR) is 111 cm³/mol. The number of benzene rings is 2. The van der Waals surface area contributed by atoms with Gasteiger partial charge in [-0.05, 0) is 49.1 Å². The van der Waals surface area contributed by atoms with Crippen LogP contribution < -0.4 is 14.8 Å². The Morgan fingerprint density at radius 1 is 1.15 bits per heavy atom. The Morgan fingerprint density at radius 3 is 2.52 bits per heavy atom. The van der Waals surface area contributed by atoms with E-state index in [1.165, 1.54) is 5.56 Å². The summed E-state index contributed by atoms with van der Waals surface area (Å²) in [7, 11) is 1.66. The number of hydrogen-bond donors (Lipinski definition) is 1. The van der Waals surface area contributed by atoms with E-state index in [-0.39, 0.29) is 12.1 Å². The lowest BCUT2D eigenvalue weighted by molar-refractivity contribution is 0.335. The molecule has 1 N–H and O–H groups in total. The molecule has 1 aliphatic rings. The minimum absolute atomic E-state index is 0.122. The van der Waals surface area contributed by atoms with Gasteiger partial charge in [0.05, 0.1) is 31.4 Å². The number of nitrogens with zero attached hydrogens (tertiary/aromatic N) is 1. The predicted octanol–water partition coefficient (Wildman–Crippen LogP) is 5.25. The van der Waals surface area contributed by atoms with Crippen LogP contribution >= 0.6 is 11.6 Å². The number of amidine groups is 1. The van der Waals surface area contributed by atoms with Crippen LogP contribution in [0.5, 0.6) is 11.5 Å². The van der Waals surface area contributed by atoms with Gasteiger partial charge in [-0.25, -0.2) is 0 Å². The third-order valence-corrected chi connectivity index (χ3v) is 4.91. The smallest absolute Gasteiger partial charge is 0.133 e. The largest absolute Gasteiger partial charge is 0.497 e. The standard InChI is InChI=1S/C22H27ClN2O2/c1-5-27-20-13-17(26-4)10-11-18(20)22-24-19(12-14(2)3)21(25-22)15-6-8-16(23)9-7-15/h6-11,13-14,19,21H,5,12H2,1-4H3,(H,24,25)/t19-,21+/m1/s1. The van der Waals surface area contributed by atoms with Gasteiger partial charge < -0.3 is 14.8 Å². The summed E-state index contributed by atoms with van der Waals surface area (Å²) in [5, 5.41) is 4.36. The number of nitrogens with one attached hydrogen (secondary N) is 1. The maximum absolute atomic E-state index is 6.07. The molecule has 0 unspecified atom stereocenters. The van der Waals surface area contributed by atoms with Crippen molar-refractivity contribution in [3.63, 3.8) is 0 Å². The molecule has 0 aromatic heterocycles. The Labute approximate surface area is 166 Å². The molecule has 2 aromatic rings. The number of aliphatic imine (C=N–C) groups is 1. The van der Waals surface area contributed by atoms with E-state index in [0.717, 1.165) is 34.3 Å². The summed E-state index contributed by atoms with van der Waals surface area (Å²) in [4.78, 5) is 5.03. The highest BCUT2D eigenvalue weighted by Crippen LogP contribution is 2.33. The van der Waals surface area contributed by atoms with Gasteiger partial charge >= 0.3 is 0 Å². The van der Waals surface area contributed by atoms with Crippen molar-refractivity contribution < 1.29 is 9.47 Å². The summed E-state index contributed by atoms with van der Waals surface area (Å²) >= 11 is 6.07. The van der Waals surface area contributed by atoms with Crippen LogP contribution in [-0.2, 0) is 0 Å². The molecule has 2 atom stereocenters. The number of halogens is 1. The van der Waals surface area contributed by atoms with E-state index < -0.39 is 0 Å². The van der Waals surface area contributed by atoms with Crippen LogP contribution in [0.3, 0.4) is 0 Å². The zero-order chi connectivity index (χ0) is 19.4. The lowest BCUT2D eigenvalue weighted by atomic mass is 9.94. The molecule has 3 rings (SSSR count). The number of methoxy groups -OCH3 is 1. The Hall–Kier alpha value is -2.20. The summed E-state index contributed by atoms with van der Waals surface area (Å²) < 4.78 is 11.2. The third-order valence-electron chi connectivity index (χ3n) is 4.66. The molecule has 0 radical (unpaired) electrons. The molecular formula is C22H27ClN2O2. The molecule has 0 saturated carbocycles. The van der Waals surface area contributed by atoms with Crippen molar-refractivity contribution in [3.05, 3.63) is 58.6 Å². The van der Waals surface area contributed by atoms with E-state index in [1.54, 1.807) is 7.11 Å². The van der Waals surface area contributed by atoms with Crippen LogP contribution in [0.4, 0.5) is 0 Å². The van der Waals surface area contributed by atoms with Crippen LogP contribution in [0, 0.1) is 5.92 Å². The molecular weight excluding hydrogens is 360 g/mol. The average molecular weight is 387 g/mol.